The van der Waals surface area contributed by atoms with Crippen molar-refractivity contribution in [3.8, 4) is 11.3 Å². The van der Waals surface area contributed by atoms with Crippen molar-refractivity contribution >= 4 is 16.5 Å². The molecule has 0 saturated carbocycles. The Morgan fingerprint density at radius 2 is 1.77 bits per heavy atom. The molecule has 0 spiro atoms. The zero-order valence-corrected chi connectivity index (χ0v) is 20.1. The zero-order chi connectivity index (χ0) is 28.5. The number of pyridine rings is 2. The minimum atomic E-state index is -4.89. The molecule has 2 N–H and O–H groups in total. The highest BCUT2D eigenvalue weighted by molar-refractivity contribution is 5.86. The number of rotatable bonds is 7. The van der Waals surface area contributed by atoms with Crippen molar-refractivity contribution in [2.45, 2.75) is 44.7 Å². The summed E-state index contributed by atoms with van der Waals surface area (Å²) < 4.78 is 94.2. The van der Waals surface area contributed by atoms with E-state index in [-0.39, 0.29) is 28.6 Å². The molecule has 7 nitrogen and oxygen atoms in total. The maximum Gasteiger partial charge on any atom is 0.423 e. The lowest BCUT2D eigenvalue weighted by Crippen LogP contribution is -2.27. The summed E-state index contributed by atoms with van der Waals surface area (Å²) in [6.45, 7) is 1.73. The molecule has 0 fully saturated rings. The molecule has 4 aromatic rings. The Bertz CT molecular complexity index is 1610. The van der Waals surface area contributed by atoms with Crippen LogP contribution in [0.1, 0.15) is 30.9 Å². The van der Waals surface area contributed by atoms with Crippen LogP contribution in [0.2, 0.25) is 0 Å². The monoisotopic (exact) mass is 555 g/mol. The van der Waals surface area contributed by atoms with Crippen LogP contribution in [0, 0.1) is 5.82 Å². The van der Waals surface area contributed by atoms with Crippen LogP contribution in [0.4, 0.5) is 36.4 Å². The minimum Gasteiger partial charge on any atom is -0.381 e. The Hall–Kier alpha value is -4.23. The fraction of sp³-hybridized carbons (Fsp3) is 0.280. The van der Waals surface area contributed by atoms with Crippen molar-refractivity contribution in [2.24, 2.45) is 0 Å². The van der Waals surface area contributed by atoms with Crippen LogP contribution in [0.25, 0.3) is 22.0 Å². The van der Waals surface area contributed by atoms with Crippen molar-refractivity contribution in [3.63, 3.8) is 0 Å². The van der Waals surface area contributed by atoms with E-state index in [0.717, 1.165) is 24.4 Å². The highest BCUT2D eigenvalue weighted by Gasteiger charge is 2.37. The van der Waals surface area contributed by atoms with Gasteiger partial charge in [0.2, 0.25) is 0 Å². The van der Waals surface area contributed by atoms with Crippen molar-refractivity contribution < 1.29 is 30.7 Å². The summed E-state index contributed by atoms with van der Waals surface area (Å²) in [4.78, 5) is 28.3. The Kier molecular flexibility index (Phi) is 7.48. The van der Waals surface area contributed by atoms with E-state index in [1.165, 1.54) is 22.9 Å². The number of fused-ring (bicyclic) bond motifs is 1. The molecule has 39 heavy (non-hydrogen) atoms. The number of anilines is 1. The number of hydrogen-bond donors (Lipinski definition) is 2. The highest BCUT2D eigenvalue weighted by Crippen LogP contribution is 2.32. The van der Waals surface area contributed by atoms with E-state index < -0.39 is 52.1 Å². The van der Waals surface area contributed by atoms with E-state index in [1.807, 2.05) is 0 Å². The molecule has 1 aromatic carbocycles. The van der Waals surface area contributed by atoms with Gasteiger partial charge in [-0.2, -0.15) is 31.4 Å². The fourth-order valence-corrected chi connectivity index (χ4v) is 4.12. The average molecular weight is 555 g/mol. The van der Waals surface area contributed by atoms with Crippen LogP contribution < -0.4 is 16.4 Å². The Balaban J connectivity index is 1.48. The van der Waals surface area contributed by atoms with Gasteiger partial charge < -0.3 is 9.88 Å². The molecule has 0 amide bonds. The Morgan fingerprint density at radius 1 is 1.03 bits per heavy atom. The van der Waals surface area contributed by atoms with Crippen LogP contribution >= 0.6 is 0 Å². The molecular formula is C25H20F7N5O2. The lowest BCUT2D eigenvalue weighted by molar-refractivity contribution is -0.138. The van der Waals surface area contributed by atoms with E-state index in [4.69, 9.17) is 0 Å². The first-order valence-corrected chi connectivity index (χ1v) is 11.5. The molecule has 0 saturated heterocycles. The van der Waals surface area contributed by atoms with E-state index in [9.17, 15) is 40.3 Å². The number of hydrogen-bond acceptors (Lipinski definition) is 5. The first-order valence-electron chi connectivity index (χ1n) is 11.5. The molecule has 14 heteroatoms. The van der Waals surface area contributed by atoms with Gasteiger partial charge in [-0.25, -0.2) is 9.49 Å². The molecule has 0 aliphatic carbocycles. The van der Waals surface area contributed by atoms with Gasteiger partial charge in [0.25, 0.3) is 11.1 Å². The van der Waals surface area contributed by atoms with Gasteiger partial charge >= 0.3 is 12.4 Å². The van der Waals surface area contributed by atoms with E-state index >= 15 is 0 Å². The molecule has 0 radical (unpaired) electrons. The standard InChI is InChI=1S/C25H20F7N5O2/c1-13(35-19-12-34-36-22(38)21(19)25(30,31)32)3-2-7-37-8-6-14-9-15(10-17(26)20(14)23(37)39)18-5-4-16(11-33-18)24(27,28)29/h4-6,8-13H,2-3,7H2,1H3,(H2,35,36,38). The predicted octanol–water partition coefficient (Wildman–Crippen LogP) is 5.60. The van der Waals surface area contributed by atoms with Crippen LogP contribution in [0.15, 0.2) is 58.5 Å². The van der Waals surface area contributed by atoms with Gasteiger partial charge in [0.1, 0.15) is 11.4 Å². The maximum atomic E-state index is 14.9. The predicted molar refractivity (Wildman–Crippen MR) is 129 cm³/mol. The molecule has 3 heterocycles. The topological polar surface area (TPSA) is 92.7 Å². The second-order valence-electron chi connectivity index (χ2n) is 8.84. The number of H-pyrrole nitrogens is 1. The summed E-state index contributed by atoms with van der Waals surface area (Å²) in [5.74, 6) is -0.875. The first kappa shape index (κ1) is 27.8. The fourth-order valence-electron chi connectivity index (χ4n) is 4.12. The van der Waals surface area contributed by atoms with E-state index in [0.29, 0.717) is 19.0 Å². The van der Waals surface area contributed by atoms with Gasteiger partial charge in [-0.05, 0) is 55.5 Å². The summed E-state index contributed by atoms with van der Waals surface area (Å²) >= 11 is 0. The third kappa shape index (κ3) is 6.10. The lowest BCUT2D eigenvalue weighted by Gasteiger charge is -2.18. The number of alkyl halides is 6. The number of nitrogens with zero attached hydrogens (tertiary/aromatic N) is 3. The molecule has 4 rings (SSSR count). The Labute approximate surface area is 215 Å². The Morgan fingerprint density at radius 3 is 2.41 bits per heavy atom. The normalized spacial score (nSPS) is 13.0. The SMILES string of the molecule is CC(CCCn1ccc2cc(-c3ccc(C(F)(F)F)cn3)cc(F)c2c1=O)Nc1cn[nH]c(=O)c1C(F)(F)F. The third-order valence-corrected chi connectivity index (χ3v) is 5.99. The van der Waals surface area contributed by atoms with Gasteiger partial charge in [0.15, 0.2) is 0 Å². The third-order valence-electron chi connectivity index (χ3n) is 5.99. The zero-order valence-electron chi connectivity index (χ0n) is 20.1. The summed E-state index contributed by atoms with van der Waals surface area (Å²) in [6, 6.07) is 5.35. The number of aromatic amines is 1. The van der Waals surface area contributed by atoms with E-state index in [2.05, 4.69) is 15.4 Å². The molecule has 1 atom stereocenters. The van der Waals surface area contributed by atoms with Crippen LogP contribution in [-0.2, 0) is 18.9 Å². The number of aromatic nitrogens is 4. The van der Waals surface area contributed by atoms with Gasteiger partial charge in [-0.15, -0.1) is 0 Å². The molecule has 0 aliphatic rings. The molecule has 1 unspecified atom stereocenters. The quantitative estimate of drug-likeness (QED) is 0.290. The lowest BCUT2D eigenvalue weighted by atomic mass is 10.0. The van der Waals surface area contributed by atoms with Crippen LogP contribution in [-0.4, -0.2) is 25.8 Å². The maximum absolute atomic E-state index is 14.9. The van der Waals surface area contributed by atoms with Gasteiger partial charge in [-0.1, -0.05) is 0 Å². The van der Waals surface area contributed by atoms with Crippen LogP contribution in [0.5, 0.6) is 0 Å². The first-order chi connectivity index (χ1) is 18.3. The number of benzene rings is 1. The summed E-state index contributed by atoms with van der Waals surface area (Å²) in [6.07, 6.45) is -5.89. The molecule has 0 aliphatic heterocycles. The second kappa shape index (κ2) is 10.5. The van der Waals surface area contributed by atoms with Crippen molar-refractivity contribution in [1.29, 1.82) is 0 Å². The highest BCUT2D eigenvalue weighted by atomic mass is 19.4. The summed E-state index contributed by atoms with van der Waals surface area (Å²) in [5, 5.41) is 7.77. The number of halogens is 7. The van der Waals surface area contributed by atoms with Gasteiger partial charge in [0, 0.05) is 30.5 Å². The van der Waals surface area contributed by atoms with Gasteiger partial charge in [0.05, 0.1) is 28.5 Å². The summed E-state index contributed by atoms with van der Waals surface area (Å²) in [7, 11) is 0. The smallest absolute Gasteiger partial charge is 0.381 e. The number of aryl methyl sites for hydroxylation is 1. The minimum absolute atomic E-state index is 0.0961. The molecular weight excluding hydrogens is 535 g/mol. The molecule has 0 bridgehead atoms. The van der Waals surface area contributed by atoms with Crippen molar-refractivity contribution in [3.05, 3.63) is 86.6 Å². The van der Waals surface area contributed by atoms with Crippen molar-refractivity contribution in [2.75, 3.05) is 5.32 Å². The van der Waals surface area contributed by atoms with Gasteiger partial charge in [-0.3, -0.25) is 14.6 Å². The average Bonchev–Trinajstić information content (AvgIpc) is 2.84. The van der Waals surface area contributed by atoms with Crippen LogP contribution in [0.3, 0.4) is 0 Å². The second-order valence-corrected chi connectivity index (χ2v) is 8.84. The number of nitrogens with one attached hydrogen (secondary N) is 2. The molecule has 3 aromatic heterocycles. The van der Waals surface area contributed by atoms with E-state index in [1.54, 1.807) is 12.0 Å². The summed E-state index contributed by atoms with van der Waals surface area (Å²) in [5.41, 5.74) is -4.54. The van der Waals surface area contributed by atoms with Crippen molar-refractivity contribution in [1.82, 2.24) is 19.7 Å². The largest absolute Gasteiger partial charge is 0.423 e. The molecule has 206 valence electrons.